The molecular formula is C13H17NO4S. The Labute approximate surface area is 115 Å². The van der Waals surface area contributed by atoms with Gasteiger partial charge in [-0.2, -0.15) is 0 Å². The zero-order valence-electron chi connectivity index (χ0n) is 11.2. The molecule has 0 atom stereocenters. The number of ether oxygens (including phenoxy) is 1. The first kappa shape index (κ1) is 13.9. The molecule has 5 nitrogen and oxygen atoms in total. The Bertz CT molecular complexity index is 515. The van der Waals surface area contributed by atoms with Gasteiger partial charge in [0.15, 0.2) is 0 Å². The van der Waals surface area contributed by atoms with E-state index in [2.05, 4.69) is 0 Å². The zero-order chi connectivity index (χ0) is 14.2. The molecule has 0 spiro atoms. The van der Waals surface area contributed by atoms with Crippen molar-refractivity contribution in [2.45, 2.75) is 39.2 Å². The molecule has 19 heavy (non-hydrogen) atoms. The maximum Gasteiger partial charge on any atom is 0.414 e. The van der Waals surface area contributed by atoms with E-state index in [1.165, 1.54) is 16.2 Å². The number of carboxylic acids is 1. The second-order valence-corrected chi connectivity index (χ2v) is 6.60. The lowest BCUT2D eigenvalue weighted by Gasteiger charge is -2.29. The summed E-state index contributed by atoms with van der Waals surface area (Å²) in [6.07, 6.45) is 1.22. The summed E-state index contributed by atoms with van der Waals surface area (Å²) in [5.74, 6) is -0.955. The van der Waals surface area contributed by atoms with E-state index in [-0.39, 0.29) is 4.88 Å². The van der Waals surface area contributed by atoms with Gasteiger partial charge in [-0.15, -0.1) is 11.3 Å². The molecule has 0 aliphatic carbocycles. The van der Waals surface area contributed by atoms with Crippen LogP contribution in [0, 0.1) is 0 Å². The average molecular weight is 283 g/mol. The number of carboxylic acid groups (broad SMARTS) is 1. The summed E-state index contributed by atoms with van der Waals surface area (Å²) in [7, 11) is 0. The molecular weight excluding hydrogens is 266 g/mol. The van der Waals surface area contributed by atoms with Gasteiger partial charge in [0, 0.05) is 11.4 Å². The Morgan fingerprint density at radius 2 is 2.11 bits per heavy atom. The van der Waals surface area contributed by atoms with Crippen LogP contribution in [0.15, 0.2) is 6.07 Å². The van der Waals surface area contributed by atoms with Crippen molar-refractivity contribution < 1.29 is 19.4 Å². The molecule has 1 N–H and O–H groups in total. The highest BCUT2D eigenvalue weighted by Gasteiger charge is 2.29. The lowest BCUT2D eigenvalue weighted by atomic mass is 10.1. The summed E-state index contributed by atoms with van der Waals surface area (Å²) in [5.41, 5.74) is 0.128. The number of hydrogen-bond acceptors (Lipinski definition) is 4. The monoisotopic (exact) mass is 283 g/mol. The van der Waals surface area contributed by atoms with Crippen molar-refractivity contribution >= 4 is 29.1 Å². The van der Waals surface area contributed by atoms with Crippen molar-refractivity contribution in [1.29, 1.82) is 0 Å². The van der Waals surface area contributed by atoms with Gasteiger partial charge >= 0.3 is 12.1 Å². The molecule has 104 valence electrons. The van der Waals surface area contributed by atoms with Gasteiger partial charge in [-0.1, -0.05) is 0 Å². The van der Waals surface area contributed by atoms with E-state index >= 15 is 0 Å². The number of thiophene rings is 1. The van der Waals surface area contributed by atoms with Crippen LogP contribution in [0.25, 0.3) is 0 Å². The standard InChI is InChI=1S/C13H17NO4S/c1-13(2,3)18-12(17)14-6-4-5-9-8(14)7-10(19-9)11(15)16/h7H,4-6H2,1-3H3,(H,15,16). The van der Waals surface area contributed by atoms with Gasteiger partial charge in [0.2, 0.25) is 0 Å². The van der Waals surface area contributed by atoms with Gasteiger partial charge in [-0.25, -0.2) is 9.59 Å². The molecule has 0 aromatic carbocycles. The number of anilines is 1. The number of amides is 1. The highest BCUT2D eigenvalue weighted by molar-refractivity contribution is 7.14. The van der Waals surface area contributed by atoms with Crippen LogP contribution in [0.2, 0.25) is 0 Å². The highest BCUT2D eigenvalue weighted by atomic mass is 32.1. The second kappa shape index (κ2) is 4.85. The first-order valence-electron chi connectivity index (χ1n) is 6.14. The Morgan fingerprint density at radius 3 is 2.68 bits per heavy atom. The maximum atomic E-state index is 12.1. The Hall–Kier alpha value is -1.56. The molecule has 1 aliphatic rings. The number of carbonyl (C=O) groups is 2. The predicted molar refractivity (Wildman–Crippen MR) is 73.2 cm³/mol. The first-order chi connectivity index (χ1) is 8.78. The number of hydrogen-bond donors (Lipinski definition) is 1. The molecule has 0 saturated carbocycles. The third-order valence-electron chi connectivity index (χ3n) is 2.69. The summed E-state index contributed by atoms with van der Waals surface area (Å²) >= 11 is 1.23. The fraction of sp³-hybridized carbons (Fsp3) is 0.538. The van der Waals surface area contributed by atoms with Crippen LogP contribution in [0.1, 0.15) is 41.7 Å². The van der Waals surface area contributed by atoms with Crippen LogP contribution >= 0.6 is 11.3 Å². The van der Waals surface area contributed by atoms with Gasteiger partial charge in [-0.05, 0) is 39.7 Å². The van der Waals surface area contributed by atoms with Crippen molar-refractivity contribution in [3.63, 3.8) is 0 Å². The van der Waals surface area contributed by atoms with Crippen molar-refractivity contribution in [3.8, 4) is 0 Å². The van der Waals surface area contributed by atoms with E-state index in [4.69, 9.17) is 9.84 Å². The molecule has 6 heteroatoms. The van der Waals surface area contributed by atoms with E-state index in [0.29, 0.717) is 12.2 Å². The Balaban J connectivity index is 2.26. The quantitative estimate of drug-likeness (QED) is 0.859. The zero-order valence-corrected chi connectivity index (χ0v) is 12.0. The molecule has 1 aliphatic heterocycles. The van der Waals surface area contributed by atoms with Crippen LogP contribution in [0.5, 0.6) is 0 Å². The van der Waals surface area contributed by atoms with E-state index in [1.54, 1.807) is 6.07 Å². The molecule has 0 bridgehead atoms. The highest BCUT2D eigenvalue weighted by Crippen LogP contribution is 2.35. The fourth-order valence-corrected chi connectivity index (χ4v) is 3.00. The lowest BCUT2D eigenvalue weighted by Crippen LogP contribution is -2.39. The number of fused-ring (bicyclic) bond motifs is 1. The minimum atomic E-state index is -0.955. The molecule has 1 amide bonds. The van der Waals surface area contributed by atoms with Crippen LogP contribution in [-0.2, 0) is 11.2 Å². The van der Waals surface area contributed by atoms with Crippen molar-refractivity contribution in [2.75, 3.05) is 11.4 Å². The van der Waals surface area contributed by atoms with E-state index in [1.807, 2.05) is 20.8 Å². The van der Waals surface area contributed by atoms with Crippen molar-refractivity contribution in [1.82, 2.24) is 0 Å². The molecule has 0 fully saturated rings. The normalized spacial score (nSPS) is 15.0. The summed E-state index contributed by atoms with van der Waals surface area (Å²) in [4.78, 5) is 25.9. The Kier molecular flexibility index (Phi) is 3.54. The number of aromatic carboxylic acids is 1. The Morgan fingerprint density at radius 1 is 1.42 bits per heavy atom. The van der Waals surface area contributed by atoms with Crippen molar-refractivity contribution in [2.24, 2.45) is 0 Å². The first-order valence-corrected chi connectivity index (χ1v) is 6.96. The molecule has 2 rings (SSSR count). The number of nitrogens with zero attached hydrogens (tertiary/aromatic N) is 1. The third kappa shape index (κ3) is 3.07. The number of rotatable bonds is 1. The van der Waals surface area contributed by atoms with Gasteiger partial charge in [-0.3, -0.25) is 4.90 Å². The smallest absolute Gasteiger partial charge is 0.414 e. The van der Waals surface area contributed by atoms with Gasteiger partial charge < -0.3 is 9.84 Å². The van der Waals surface area contributed by atoms with E-state index < -0.39 is 17.7 Å². The topological polar surface area (TPSA) is 66.8 Å². The summed E-state index contributed by atoms with van der Waals surface area (Å²) in [5, 5.41) is 9.02. The summed E-state index contributed by atoms with van der Waals surface area (Å²) < 4.78 is 5.35. The minimum Gasteiger partial charge on any atom is -0.477 e. The summed E-state index contributed by atoms with van der Waals surface area (Å²) in [6.45, 7) is 6.00. The minimum absolute atomic E-state index is 0.264. The van der Waals surface area contributed by atoms with E-state index in [0.717, 1.165) is 17.7 Å². The van der Waals surface area contributed by atoms with E-state index in [9.17, 15) is 9.59 Å². The van der Waals surface area contributed by atoms with Gasteiger partial charge in [0.25, 0.3) is 0 Å². The van der Waals surface area contributed by atoms with Crippen LogP contribution in [0.4, 0.5) is 10.5 Å². The van der Waals surface area contributed by atoms with Crippen LogP contribution in [-0.4, -0.2) is 29.3 Å². The average Bonchev–Trinajstić information content (AvgIpc) is 2.69. The largest absolute Gasteiger partial charge is 0.477 e. The molecule has 1 aromatic rings. The summed E-state index contributed by atoms with van der Waals surface area (Å²) in [6, 6.07) is 1.56. The van der Waals surface area contributed by atoms with Gasteiger partial charge in [0.1, 0.15) is 10.5 Å². The SMILES string of the molecule is CC(C)(C)OC(=O)N1CCCc2sc(C(=O)O)cc21. The lowest BCUT2D eigenvalue weighted by molar-refractivity contribution is 0.0576. The molecule has 1 aromatic heterocycles. The number of carbonyl (C=O) groups excluding carboxylic acids is 1. The molecule has 0 radical (unpaired) electrons. The molecule has 0 unspecified atom stereocenters. The van der Waals surface area contributed by atoms with Crippen molar-refractivity contribution in [3.05, 3.63) is 15.8 Å². The third-order valence-corrected chi connectivity index (χ3v) is 3.86. The van der Waals surface area contributed by atoms with Gasteiger partial charge in [0.05, 0.1) is 5.69 Å². The van der Waals surface area contributed by atoms with Crippen LogP contribution in [0.3, 0.4) is 0 Å². The predicted octanol–water partition coefficient (Wildman–Crippen LogP) is 3.13. The van der Waals surface area contributed by atoms with Crippen LogP contribution < -0.4 is 4.90 Å². The molecule has 2 heterocycles. The second-order valence-electron chi connectivity index (χ2n) is 5.46. The number of aryl methyl sites for hydroxylation is 1. The maximum absolute atomic E-state index is 12.1. The fourth-order valence-electron chi connectivity index (χ4n) is 1.96. The molecule has 0 saturated heterocycles.